The van der Waals surface area contributed by atoms with E-state index in [1.807, 2.05) is 6.07 Å². The molecule has 1 aromatic heterocycles. The molecule has 2 aromatic rings. The molecule has 0 unspecified atom stereocenters. The maximum Gasteiger partial charge on any atom is 0.207 e. The molecule has 0 aliphatic heterocycles. The fourth-order valence-corrected chi connectivity index (χ4v) is 1.41. The molecule has 4 heteroatoms. The lowest BCUT2D eigenvalue weighted by Crippen LogP contribution is -2.07. The second-order valence-electron chi connectivity index (χ2n) is 3.05. The predicted octanol–water partition coefficient (Wildman–Crippen LogP) is 1.41. The average Bonchev–Trinajstić information content (AvgIpc) is 2.29. The zero-order valence-electron chi connectivity index (χ0n) is 8.07. The summed E-state index contributed by atoms with van der Waals surface area (Å²) in [6, 6.07) is 6.96. The van der Waals surface area contributed by atoms with E-state index in [2.05, 4.69) is 4.98 Å². The van der Waals surface area contributed by atoms with Gasteiger partial charge in [-0.15, -0.1) is 0 Å². The van der Waals surface area contributed by atoms with E-state index in [0.29, 0.717) is 16.7 Å². The molecule has 0 fully saturated rings. The highest BCUT2D eigenvalue weighted by atomic mass is 16.5. The zero-order valence-corrected chi connectivity index (χ0v) is 8.07. The Kier molecular flexibility index (Phi) is 2.14. The molecule has 2 rings (SSSR count). The summed E-state index contributed by atoms with van der Waals surface area (Å²) in [5, 5.41) is 9.17. The Morgan fingerprint density at radius 2 is 2.27 bits per heavy atom. The second-order valence-corrected chi connectivity index (χ2v) is 3.05. The molecule has 0 saturated heterocycles. The number of ether oxygens (including phenoxy) is 1. The normalized spacial score (nSPS) is 9.87. The van der Waals surface area contributed by atoms with Crippen molar-refractivity contribution in [3.8, 4) is 11.8 Å². The molecule has 0 spiro atoms. The SMILES string of the molecule is COc1ccc2[nH]cc(C#N)c(=O)c2c1. The van der Waals surface area contributed by atoms with E-state index in [0.717, 1.165) is 0 Å². The molecule has 74 valence electrons. The number of hydrogen-bond acceptors (Lipinski definition) is 3. The minimum absolute atomic E-state index is 0.107. The highest BCUT2D eigenvalue weighted by Crippen LogP contribution is 2.16. The van der Waals surface area contributed by atoms with Crippen LogP contribution in [0.4, 0.5) is 0 Å². The number of aromatic amines is 1. The topological polar surface area (TPSA) is 65.9 Å². The van der Waals surface area contributed by atoms with Crippen molar-refractivity contribution in [1.82, 2.24) is 4.98 Å². The summed E-state index contributed by atoms with van der Waals surface area (Å²) in [6.45, 7) is 0. The van der Waals surface area contributed by atoms with Crippen molar-refractivity contribution in [1.29, 1.82) is 5.26 Å². The summed E-state index contributed by atoms with van der Waals surface area (Å²) < 4.78 is 5.02. The number of nitriles is 1. The van der Waals surface area contributed by atoms with Gasteiger partial charge in [0.05, 0.1) is 12.5 Å². The highest BCUT2D eigenvalue weighted by Gasteiger charge is 2.04. The zero-order chi connectivity index (χ0) is 10.8. The molecule has 0 atom stereocenters. The lowest BCUT2D eigenvalue weighted by molar-refractivity contribution is 0.415. The van der Waals surface area contributed by atoms with E-state index < -0.39 is 0 Å². The van der Waals surface area contributed by atoms with Gasteiger partial charge in [-0.3, -0.25) is 4.79 Å². The van der Waals surface area contributed by atoms with Crippen LogP contribution in [0.3, 0.4) is 0 Å². The van der Waals surface area contributed by atoms with E-state index in [9.17, 15) is 4.79 Å². The Morgan fingerprint density at radius 1 is 1.47 bits per heavy atom. The maximum absolute atomic E-state index is 11.7. The molecule has 1 N–H and O–H groups in total. The number of rotatable bonds is 1. The molecule has 1 aromatic carbocycles. The summed E-state index contributed by atoms with van der Waals surface area (Å²) >= 11 is 0. The van der Waals surface area contributed by atoms with Crippen molar-refractivity contribution < 1.29 is 4.74 Å². The fraction of sp³-hybridized carbons (Fsp3) is 0.0909. The van der Waals surface area contributed by atoms with Crippen molar-refractivity contribution in [3.05, 3.63) is 40.2 Å². The highest BCUT2D eigenvalue weighted by molar-refractivity contribution is 5.80. The van der Waals surface area contributed by atoms with Crippen LogP contribution in [0.25, 0.3) is 10.9 Å². The minimum Gasteiger partial charge on any atom is -0.497 e. The Balaban J connectivity index is 2.85. The van der Waals surface area contributed by atoms with Crippen LogP contribution in [0, 0.1) is 11.3 Å². The van der Waals surface area contributed by atoms with Gasteiger partial charge in [0.2, 0.25) is 5.43 Å². The molecule has 0 radical (unpaired) electrons. The van der Waals surface area contributed by atoms with Crippen LogP contribution in [0.5, 0.6) is 5.75 Å². The number of nitrogens with one attached hydrogen (secondary N) is 1. The van der Waals surface area contributed by atoms with Gasteiger partial charge >= 0.3 is 0 Å². The second kappa shape index (κ2) is 3.46. The van der Waals surface area contributed by atoms with Gasteiger partial charge in [-0.05, 0) is 18.2 Å². The molecule has 0 bridgehead atoms. The van der Waals surface area contributed by atoms with Gasteiger partial charge in [-0.1, -0.05) is 0 Å². The quantitative estimate of drug-likeness (QED) is 0.756. The number of benzene rings is 1. The van der Waals surface area contributed by atoms with E-state index in [1.54, 1.807) is 18.2 Å². The van der Waals surface area contributed by atoms with Gasteiger partial charge in [-0.25, -0.2) is 0 Å². The number of hydrogen-bond donors (Lipinski definition) is 1. The van der Waals surface area contributed by atoms with E-state index in [1.165, 1.54) is 13.3 Å². The van der Waals surface area contributed by atoms with Crippen molar-refractivity contribution >= 4 is 10.9 Å². The van der Waals surface area contributed by atoms with Crippen LogP contribution >= 0.6 is 0 Å². The summed E-state index contributed by atoms with van der Waals surface area (Å²) in [5.74, 6) is 0.600. The Morgan fingerprint density at radius 3 is 2.93 bits per heavy atom. The molecule has 0 aliphatic carbocycles. The van der Waals surface area contributed by atoms with Crippen molar-refractivity contribution in [3.63, 3.8) is 0 Å². The molecule has 0 aliphatic rings. The molecule has 15 heavy (non-hydrogen) atoms. The third kappa shape index (κ3) is 1.44. The third-order valence-electron chi connectivity index (χ3n) is 2.21. The van der Waals surface area contributed by atoms with Crippen LogP contribution in [-0.2, 0) is 0 Å². The fourth-order valence-electron chi connectivity index (χ4n) is 1.41. The molecular weight excluding hydrogens is 192 g/mol. The first-order chi connectivity index (χ1) is 7.26. The van der Waals surface area contributed by atoms with Crippen molar-refractivity contribution in [2.24, 2.45) is 0 Å². The van der Waals surface area contributed by atoms with Gasteiger partial charge in [-0.2, -0.15) is 5.26 Å². The van der Waals surface area contributed by atoms with Gasteiger partial charge in [0.15, 0.2) is 0 Å². The van der Waals surface area contributed by atoms with Crippen molar-refractivity contribution in [2.45, 2.75) is 0 Å². The van der Waals surface area contributed by atoms with Gasteiger partial charge in [0, 0.05) is 11.7 Å². The monoisotopic (exact) mass is 200 g/mol. The Bertz CT molecular complexity index is 608. The first kappa shape index (κ1) is 9.28. The smallest absolute Gasteiger partial charge is 0.207 e. The molecule has 4 nitrogen and oxygen atoms in total. The molecule has 0 saturated carbocycles. The number of nitrogens with zero attached hydrogens (tertiary/aromatic N) is 1. The Labute approximate surface area is 85.7 Å². The number of fused-ring (bicyclic) bond motifs is 1. The lowest BCUT2D eigenvalue weighted by Gasteiger charge is -2.01. The van der Waals surface area contributed by atoms with Crippen LogP contribution in [0.2, 0.25) is 0 Å². The van der Waals surface area contributed by atoms with Crippen LogP contribution < -0.4 is 10.2 Å². The molecule has 0 amide bonds. The minimum atomic E-state index is -0.273. The van der Waals surface area contributed by atoms with E-state index in [-0.39, 0.29) is 11.0 Å². The van der Waals surface area contributed by atoms with E-state index >= 15 is 0 Å². The van der Waals surface area contributed by atoms with Crippen LogP contribution in [-0.4, -0.2) is 12.1 Å². The van der Waals surface area contributed by atoms with Crippen LogP contribution in [0.1, 0.15) is 5.56 Å². The average molecular weight is 200 g/mol. The standard InChI is InChI=1S/C11H8N2O2/c1-15-8-2-3-10-9(4-8)11(14)7(5-12)6-13-10/h2-4,6H,1H3,(H,13,14). The summed E-state index contributed by atoms with van der Waals surface area (Å²) in [4.78, 5) is 14.6. The van der Waals surface area contributed by atoms with Gasteiger partial charge in [0.25, 0.3) is 0 Å². The number of H-pyrrole nitrogens is 1. The van der Waals surface area contributed by atoms with Gasteiger partial charge in [0.1, 0.15) is 17.4 Å². The van der Waals surface area contributed by atoms with Crippen LogP contribution in [0.15, 0.2) is 29.2 Å². The first-order valence-corrected chi connectivity index (χ1v) is 4.36. The number of methoxy groups -OCH3 is 1. The van der Waals surface area contributed by atoms with Crippen molar-refractivity contribution in [2.75, 3.05) is 7.11 Å². The molecule has 1 heterocycles. The number of aromatic nitrogens is 1. The largest absolute Gasteiger partial charge is 0.497 e. The molecular formula is C11H8N2O2. The first-order valence-electron chi connectivity index (χ1n) is 4.36. The number of pyridine rings is 1. The summed E-state index contributed by atoms with van der Waals surface area (Å²) in [5.41, 5.74) is 0.528. The van der Waals surface area contributed by atoms with E-state index in [4.69, 9.17) is 10.00 Å². The summed E-state index contributed by atoms with van der Waals surface area (Å²) in [6.07, 6.45) is 1.41. The van der Waals surface area contributed by atoms with Gasteiger partial charge < -0.3 is 9.72 Å². The third-order valence-corrected chi connectivity index (χ3v) is 2.21. The Hall–Kier alpha value is -2.28. The predicted molar refractivity (Wildman–Crippen MR) is 55.8 cm³/mol. The summed E-state index contributed by atoms with van der Waals surface area (Å²) in [7, 11) is 1.53. The maximum atomic E-state index is 11.7. The lowest BCUT2D eigenvalue weighted by atomic mass is 10.1.